The maximum Gasteiger partial charge on any atom is 0.122 e. The molecule has 92 valence electrons. The van der Waals surface area contributed by atoms with Gasteiger partial charge in [0.05, 0.1) is 5.69 Å². The molecule has 1 heterocycles. The van der Waals surface area contributed by atoms with Crippen molar-refractivity contribution < 1.29 is 0 Å². The summed E-state index contributed by atoms with van der Waals surface area (Å²) in [6, 6.07) is 14.1. The Morgan fingerprint density at radius 2 is 2.00 bits per heavy atom. The molecule has 0 radical (unpaired) electrons. The number of para-hydroxylation sites is 1. The van der Waals surface area contributed by atoms with Crippen molar-refractivity contribution in [3.05, 3.63) is 59.9 Å². The summed E-state index contributed by atoms with van der Waals surface area (Å²) in [5, 5.41) is 0. The molecule has 0 amide bonds. The van der Waals surface area contributed by atoms with Gasteiger partial charge >= 0.3 is 0 Å². The van der Waals surface area contributed by atoms with Crippen LogP contribution in [0.1, 0.15) is 11.3 Å². The van der Waals surface area contributed by atoms with E-state index in [0.717, 1.165) is 12.1 Å². The zero-order chi connectivity index (χ0) is 13.0. The van der Waals surface area contributed by atoms with Gasteiger partial charge in [-0.2, -0.15) is 0 Å². The summed E-state index contributed by atoms with van der Waals surface area (Å²) in [6.45, 7) is 0.794. The third-order valence-electron chi connectivity index (χ3n) is 2.69. The van der Waals surface area contributed by atoms with Crippen molar-refractivity contribution in [1.82, 2.24) is 4.98 Å². The summed E-state index contributed by atoms with van der Waals surface area (Å²) >= 11 is 4.93. The number of nitrogens with two attached hydrogens (primary N) is 1. The molecular weight excluding hydrogens is 242 g/mol. The molecule has 4 heteroatoms. The van der Waals surface area contributed by atoms with Crippen molar-refractivity contribution in [2.24, 2.45) is 5.73 Å². The molecule has 2 rings (SSSR count). The number of hydrogen-bond donors (Lipinski definition) is 1. The molecule has 0 aliphatic heterocycles. The maximum absolute atomic E-state index is 5.58. The SMILES string of the molecule is CN(Cc1ccnc(C(N)=S)c1)c1ccccc1. The average molecular weight is 257 g/mol. The zero-order valence-electron chi connectivity index (χ0n) is 10.2. The molecule has 0 saturated heterocycles. The molecule has 0 fully saturated rings. The first kappa shape index (κ1) is 12.5. The van der Waals surface area contributed by atoms with Gasteiger partial charge in [0.15, 0.2) is 0 Å². The Hall–Kier alpha value is -1.94. The van der Waals surface area contributed by atoms with E-state index in [1.807, 2.05) is 30.3 Å². The molecule has 0 bridgehead atoms. The maximum atomic E-state index is 5.58. The van der Waals surface area contributed by atoms with Crippen LogP contribution >= 0.6 is 12.2 Å². The fourth-order valence-corrected chi connectivity index (χ4v) is 1.87. The van der Waals surface area contributed by atoms with Crippen molar-refractivity contribution in [3.8, 4) is 0 Å². The Kier molecular flexibility index (Phi) is 3.89. The normalized spacial score (nSPS) is 10.1. The van der Waals surface area contributed by atoms with Gasteiger partial charge < -0.3 is 10.6 Å². The van der Waals surface area contributed by atoms with Crippen LogP contribution in [0.4, 0.5) is 5.69 Å². The lowest BCUT2D eigenvalue weighted by atomic mass is 10.2. The Balaban J connectivity index is 2.14. The molecule has 0 aliphatic rings. The molecule has 3 nitrogen and oxygen atoms in total. The Labute approximate surface area is 112 Å². The molecule has 1 aromatic carbocycles. The summed E-state index contributed by atoms with van der Waals surface area (Å²) < 4.78 is 0. The highest BCUT2D eigenvalue weighted by Gasteiger charge is 2.04. The van der Waals surface area contributed by atoms with Crippen molar-refractivity contribution in [2.75, 3.05) is 11.9 Å². The molecular formula is C14H15N3S. The van der Waals surface area contributed by atoms with Crippen molar-refractivity contribution in [2.45, 2.75) is 6.54 Å². The quantitative estimate of drug-likeness (QED) is 0.854. The Bertz CT molecular complexity index is 540. The first-order chi connectivity index (χ1) is 8.66. The van der Waals surface area contributed by atoms with Gasteiger partial charge in [0, 0.05) is 25.5 Å². The third-order valence-corrected chi connectivity index (χ3v) is 2.90. The van der Waals surface area contributed by atoms with E-state index in [-0.39, 0.29) is 0 Å². The van der Waals surface area contributed by atoms with Gasteiger partial charge in [0.25, 0.3) is 0 Å². The number of hydrogen-bond acceptors (Lipinski definition) is 3. The van der Waals surface area contributed by atoms with Crippen LogP contribution in [0.5, 0.6) is 0 Å². The van der Waals surface area contributed by atoms with Crippen LogP contribution in [-0.4, -0.2) is 17.0 Å². The standard InChI is InChI=1S/C14H15N3S/c1-17(12-5-3-2-4-6-12)10-11-7-8-16-13(9-11)14(15)18/h2-9H,10H2,1H3,(H2,15,18). The lowest BCUT2D eigenvalue weighted by Gasteiger charge is -2.19. The summed E-state index contributed by atoms with van der Waals surface area (Å²) in [5.74, 6) is 0. The smallest absolute Gasteiger partial charge is 0.122 e. The van der Waals surface area contributed by atoms with Gasteiger partial charge in [-0.1, -0.05) is 30.4 Å². The number of thiocarbonyl (C=S) groups is 1. The van der Waals surface area contributed by atoms with Crippen LogP contribution in [0.25, 0.3) is 0 Å². The topological polar surface area (TPSA) is 42.2 Å². The van der Waals surface area contributed by atoms with E-state index in [2.05, 4.69) is 29.1 Å². The second-order valence-corrected chi connectivity index (χ2v) is 4.55. The molecule has 1 aromatic heterocycles. The van der Waals surface area contributed by atoms with Crippen molar-refractivity contribution >= 4 is 22.9 Å². The summed E-state index contributed by atoms with van der Waals surface area (Å²) in [4.78, 5) is 6.63. The summed E-state index contributed by atoms with van der Waals surface area (Å²) in [6.07, 6.45) is 1.74. The largest absolute Gasteiger partial charge is 0.388 e. The number of nitrogens with zero attached hydrogens (tertiary/aromatic N) is 2. The minimum absolute atomic E-state index is 0.333. The van der Waals surface area contributed by atoms with Crippen molar-refractivity contribution in [1.29, 1.82) is 0 Å². The number of aromatic nitrogens is 1. The highest BCUT2D eigenvalue weighted by atomic mass is 32.1. The number of rotatable bonds is 4. The highest BCUT2D eigenvalue weighted by Crippen LogP contribution is 2.14. The van der Waals surface area contributed by atoms with Crippen molar-refractivity contribution in [3.63, 3.8) is 0 Å². The first-order valence-corrected chi connectivity index (χ1v) is 6.08. The number of benzene rings is 1. The molecule has 0 spiro atoms. The van der Waals surface area contributed by atoms with Gasteiger partial charge in [-0.15, -0.1) is 0 Å². The van der Waals surface area contributed by atoms with Crippen LogP contribution in [0.2, 0.25) is 0 Å². The van der Waals surface area contributed by atoms with Gasteiger partial charge in [0.2, 0.25) is 0 Å². The molecule has 18 heavy (non-hydrogen) atoms. The van der Waals surface area contributed by atoms with Gasteiger partial charge in [-0.3, -0.25) is 4.98 Å². The van der Waals surface area contributed by atoms with Gasteiger partial charge in [-0.25, -0.2) is 0 Å². The van der Waals surface area contributed by atoms with E-state index in [1.165, 1.54) is 5.69 Å². The minimum Gasteiger partial charge on any atom is -0.388 e. The summed E-state index contributed by atoms with van der Waals surface area (Å²) in [7, 11) is 2.05. The Morgan fingerprint density at radius 1 is 1.28 bits per heavy atom. The minimum atomic E-state index is 0.333. The number of anilines is 1. The van der Waals surface area contributed by atoms with Crippen LogP contribution < -0.4 is 10.6 Å². The second-order valence-electron chi connectivity index (χ2n) is 4.11. The highest BCUT2D eigenvalue weighted by molar-refractivity contribution is 7.80. The second kappa shape index (κ2) is 5.60. The van der Waals surface area contributed by atoms with E-state index in [0.29, 0.717) is 10.7 Å². The molecule has 0 unspecified atom stereocenters. The predicted molar refractivity (Wildman–Crippen MR) is 78.7 cm³/mol. The van der Waals surface area contributed by atoms with E-state index in [9.17, 15) is 0 Å². The predicted octanol–water partition coefficient (Wildman–Crippen LogP) is 2.35. The van der Waals surface area contributed by atoms with E-state index < -0.39 is 0 Å². The molecule has 0 aliphatic carbocycles. The van der Waals surface area contributed by atoms with E-state index >= 15 is 0 Å². The van der Waals surface area contributed by atoms with Crippen LogP contribution in [0, 0.1) is 0 Å². The first-order valence-electron chi connectivity index (χ1n) is 5.68. The van der Waals surface area contributed by atoms with Crippen LogP contribution in [-0.2, 0) is 6.54 Å². The fourth-order valence-electron chi connectivity index (χ4n) is 1.76. The van der Waals surface area contributed by atoms with Gasteiger partial charge in [-0.05, 0) is 29.8 Å². The van der Waals surface area contributed by atoms with Crippen LogP contribution in [0.15, 0.2) is 48.7 Å². The zero-order valence-corrected chi connectivity index (χ0v) is 11.0. The van der Waals surface area contributed by atoms with Crippen LogP contribution in [0.3, 0.4) is 0 Å². The average Bonchev–Trinajstić information content (AvgIpc) is 2.40. The lowest BCUT2D eigenvalue weighted by Crippen LogP contribution is -2.17. The van der Waals surface area contributed by atoms with E-state index in [1.54, 1.807) is 6.20 Å². The molecule has 0 atom stereocenters. The summed E-state index contributed by atoms with van der Waals surface area (Å²) in [5.41, 5.74) is 8.56. The monoisotopic (exact) mass is 257 g/mol. The third kappa shape index (κ3) is 3.05. The lowest BCUT2D eigenvalue weighted by molar-refractivity contribution is 0.919. The molecule has 0 saturated carbocycles. The fraction of sp³-hybridized carbons (Fsp3) is 0.143. The number of pyridine rings is 1. The Morgan fingerprint density at radius 3 is 2.67 bits per heavy atom. The van der Waals surface area contributed by atoms with Gasteiger partial charge in [0.1, 0.15) is 4.99 Å². The molecule has 2 N–H and O–H groups in total. The molecule has 2 aromatic rings. The van der Waals surface area contributed by atoms with E-state index in [4.69, 9.17) is 18.0 Å².